The maximum Gasteiger partial charge on any atom is 0.197 e. The van der Waals surface area contributed by atoms with Gasteiger partial charge in [-0.1, -0.05) is 0 Å². The van der Waals surface area contributed by atoms with Crippen LogP contribution in [0.2, 0.25) is 0 Å². The molecule has 6 heavy (non-hydrogen) atoms. The number of aliphatic hydroxyl groups excluding tert-OH is 1. The number of hydrogen-bond acceptors (Lipinski definition) is 2. The molecular weight excluding hydrogens is 80.0 g/mol. The Morgan fingerprint density at radius 3 is 1.83 bits per heavy atom. The molecule has 0 spiro atoms. The Kier molecular flexibility index (Phi) is 1.52. The minimum Gasteiger partial charge on any atom is -0.346 e. The first-order valence-electron chi connectivity index (χ1n) is 1.79. The number of hydrogen-bond donors (Lipinski definition) is 2. The summed E-state index contributed by atoms with van der Waals surface area (Å²) in [6.07, 6.45) is 0. The van der Waals surface area contributed by atoms with Gasteiger partial charge >= 0.3 is 0 Å². The standard InChI is InChI=1S/C3H11N2O/c1-5(2,4)3-6/h6H,3-4H2,1-2H3/q+1. The van der Waals surface area contributed by atoms with Gasteiger partial charge < -0.3 is 5.11 Å². The zero-order valence-electron chi connectivity index (χ0n) is 4.18. The van der Waals surface area contributed by atoms with Crippen LogP contribution in [0.1, 0.15) is 0 Å². The van der Waals surface area contributed by atoms with E-state index >= 15 is 0 Å². The van der Waals surface area contributed by atoms with Gasteiger partial charge in [0.2, 0.25) is 0 Å². The van der Waals surface area contributed by atoms with Crippen LogP contribution < -0.4 is 5.84 Å². The van der Waals surface area contributed by atoms with Crippen LogP contribution in [0.15, 0.2) is 0 Å². The molecule has 3 N–H and O–H groups in total. The van der Waals surface area contributed by atoms with Gasteiger partial charge in [0, 0.05) is 0 Å². The van der Waals surface area contributed by atoms with E-state index in [-0.39, 0.29) is 11.3 Å². The number of nitrogens with zero attached hydrogens (tertiary/aromatic N) is 1. The molecule has 0 amide bonds. The van der Waals surface area contributed by atoms with Gasteiger partial charge in [-0.3, -0.25) is 0 Å². The van der Waals surface area contributed by atoms with Crippen LogP contribution in [-0.4, -0.2) is 30.5 Å². The molecule has 0 aromatic carbocycles. The van der Waals surface area contributed by atoms with Crippen molar-refractivity contribution in [3.63, 3.8) is 0 Å². The molecule has 3 nitrogen and oxygen atoms in total. The first kappa shape index (κ1) is 5.88. The Morgan fingerprint density at radius 2 is 1.83 bits per heavy atom. The monoisotopic (exact) mass is 91.1 g/mol. The van der Waals surface area contributed by atoms with Crippen LogP contribution >= 0.6 is 0 Å². The van der Waals surface area contributed by atoms with Crippen LogP contribution in [0.5, 0.6) is 0 Å². The maximum absolute atomic E-state index is 8.25. The Balaban J connectivity index is 3.17. The summed E-state index contributed by atoms with van der Waals surface area (Å²) in [7, 11) is 3.42. The molecule has 0 unspecified atom stereocenters. The van der Waals surface area contributed by atoms with Crippen molar-refractivity contribution < 1.29 is 9.70 Å². The molecule has 0 aromatic rings. The molecule has 0 saturated carbocycles. The number of nitrogens with two attached hydrogens (primary N) is 1. The van der Waals surface area contributed by atoms with E-state index in [9.17, 15) is 0 Å². The van der Waals surface area contributed by atoms with E-state index in [4.69, 9.17) is 10.9 Å². The van der Waals surface area contributed by atoms with Gasteiger partial charge in [0.1, 0.15) is 0 Å². The van der Waals surface area contributed by atoms with Crippen molar-refractivity contribution in [1.29, 1.82) is 0 Å². The van der Waals surface area contributed by atoms with Crippen molar-refractivity contribution in [2.45, 2.75) is 0 Å². The number of rotatable bonds is 1. The number of quaternary nitrogens is 1. The molecule has 0 aliphatic carbocycles. The predicted molar refractivity (Wildman–Crippen MR) is 23.4 cm³/mol. The highest BCUT2D eigenvalue weighted by molar-refractivity contribution is 3.89. The lowest BCUT2D eigenvalue weighted by molar-refractivity contribution is -0.920. The van der Waals surface area contributed by atoms with Gasteiger partial charge in [-0.05, 0) is 0 Å². The van der Waals surface area contributed by atoms with Crippen LogP contribution in [0.3, 0.4) is 0 Å². The molecule has 0 saturated heterocycles. The molecule has 0 aromatic heterocycles. The second kappa shape index (κ2) is 1.55. The van der Waals surface area contributed by atoms with E-state index < -0.39 is 0 Å². The van der Waals surface area contributed by atoms with Crippen molar-refractivity contribution in [2.75, 3.05) is 20.8 Å². The SMILES string of the molecule is C[N+](C)(N)CO. The van der Waals surface area contributed by atoms with Gasteiger partial charge in [-0.25, -0.2) is 4.59 Å². The van der Waals surface area contributed by atoms with Crippen molar-refractivity contribution in [2.24, 2.45) is 5.84 Å². The first-order valence-corrected chi connectivity index (χ1v) is 1.79. The molecular formula is C3H11N2O+. The summed E-state index contributed by atoms with van der Waals surface area (Å²) in [5.74, 6) is 5.22. The molecule has 0 radical (unpaired) electrons. The molecule has 3 heteroatoms. The summed E-state index contributed by atoms with van der Waals surface area (Å²) >= 11 is 0. The maximum atomic E-state index is 8.25. The molecule has 0 fully saturated rings. The van der Waals surface area contributed by atoms with Gasteiger partial charge in [0.25, 0.3) is 0 Å². The topological polar surface area (TPSA) is 46.2 Å². The summed E-state index contributed by atoms with van der Waals surface area (Å²) in [6, 6.07) is 0. The van der Waals surface area contributed by atoms with Crippen molar-refractivity contribution >= 4 is 0 Å². The quantitative estimate of drug-likeness (QED) is 0.186. The van der Waals surface area contributed by atoms with E-state index in [0.717, 1.165) is 0 Å². The molecule has 0 aliphatic rings. The Labute approximate surface area is 37.5 Å². The van der Waals surface area contributed by atoms with Crippen LogP contribution in [0, 0.1) is 0 Å². The van der Waals surface area contributed by atoms with Crippen LogP contribution in [0.4, 0.5) is 0 Å². The van der Waals surface area contributed by atoms with Crippen LogP contribution in [0.25, 0.3) is 0 Å². The van der Waals surface area contributed by atoms with E-state index in [2.05, 4.69) is 0 Å². The number of aliphatic hydroxyl groups is 1. The zero-order valence-corrected chi connectivity index (χ0v) is 4.18. The minimum absolute atomic E-state index is 0.0139. The highest BCUT2D eigenvalue weighted by atomic mass is 16.3. The minimum atomic E-state index is -0.0139. The van der Waals surface area contributed by atoms with Gasteiger partial charge in [-0.15, -0.1) is 0 Å². The molecule has 0 bridgehead atoms. The first-order chi connectivity index (χ1) is 2.56. The third kappa shape index (κ3) is 3.88. The Hall–Kier alpha value is -0.120. The lowest BCUT2D eigenvalue weighted by Gasteiger charge is -2.17. The fraction of sp³-hybridized carbons (Fsp3) is 1.00. The summed E-state index contributed by atoms with van der Waals surface area (Å²) in [5.41, 5.74) is 0. The van der Waals surface area contributed by atoms with Gasteiger partial charge in [-0.2, -0.15) is 5.84 Å². The second-order valence-electron chi connectivity index (χ2n) is 1.92. The third-order valence-corrected chi connectivity index (χ3v) is 0.364. The fourth-order valence-corrected chi connectivity index (χ4v) is 0. The highest BCUT2D eigenvalue weighted by Crippen LogP contribution is 1.74. The highest BCUT2D eigenvalue weighted by Gasteiger charge is 2.00. The summed E-state index contributed by atoms with van der Waals surface area (Å²) < 4.78 is 0.125. The summed E-state index contributed by atoms with van der Waals surface area (Å²) in [4.78, 5) is 0. The zero-order chi connectivity index (χ0) is 5.21. The molecule has 0 atom stereocenters. The Bertz CT molecular complexity index is 38.5. The molecule has 0 aliphatic heterocycles. The van der Waals surface area contributed by atoms with Crippen molar-refractivity contribution in [3.8, 4) is 0 Å². The van der Waals surface area contributed by atoms with E-state index in [1.165, 1.54) is 0 Å². The average molecular weight is 91.1 g/mol. The fourth-order valence-electron chi connectivity index (χ4n) is 0. The lowest BCUT2D eigenvalue weighted by Crippen LogP contribution is -2.47. The smallest absolute Gasteiger partial charge is 0.197 e. The largest absolute Gasteiger partial charge is 0.346 e. The average Bonchev–Trinajstić information content (AvgIpc) is 1.35. The van der Waals surface area contributed by atoms with Crippen molar-refractivity contribution in [1.82, 2.24) is 0 Å². The van der Waals surface area contributed by atoms with Gasteiger partial charge in [0.05, 0.1) is 14.1 Å². The second-order valence-corrected chi connectivity index (χ2v) is 1.92. The van der Waals surface area contributed by atoms with Crippen LogP contribution in [-0.2, 0) is 0 Å². The molecule has 38 valence electrons. The molecule has 0 heterocycles. The Morgan fingerprint density at radius 1 is 1.67 bits per heavy atom. The lowest BCUT2D eigenvalue weighted by atomic mass is 10.9. The summed E-state index contributed by atoms with van der Waals surface area (Å²) in [6.45, 7) is -0.0139. The van der Waals surface area contributed by atoms with Crippen molar-refractivity contribution in [3.05, 3.63) is 0 Å². The third-order valence-electron chi connectivity index (χ3n) is 0.364. The normalized spacial score (nSPS) is 12.0. The van der Waals surface area contributed by atoms with Gasteiger partial charge in [0.15, 0.2) is 6.73 Å². The summed E-state index contributed by atoms with van der Waals surface area (Å²) in [5, 5.41) is 8.25. The van der Waals surface area contributed by atoms with E-state index in [1.807, 2.05) is 0 Å². The predicted octanol–water partition coefficient (Wildman–Crippen LogP) is -1.11. The van der Waals surface area contributed by atoms with E-state index in [1.54, 1.807) is 14.1 Å². The molecule has 0 rings (SSSR count). The van der Waals surface area contributed by atoms with E-state index in [0.29, 0.717) is 0 Å².